The smallest absolute Gasteiger partial charge is 0.425 e. The molecule has 8 nitrogen and oxygen atoms in total. The van der Waals surface area contributed by atoms with Gasteiger partial charge in [-0.15, -0.1) is 6.42 Å². The van der Waals surface area contributed by atoms with Crippen LogP contribution < -0.4 is 15.8 Å². The van der Waals surface area contributed by atoms with Gasteiger partial charge in [0.25, 0.3) is 6.02 Å². The molecule has 3 heterocycles. The molecule has 1 aliphatic heterocycles. The maximum absolute atomic E-state index is 14.5. The number of rotatable bonds is 6. The lowest BCUT2D eigenvalue weighted by Gasteiger charge is -2.35. The molecule has 0 saturated heterocycles. The number of amidine groups is 1. The van der Waals surface area contributed by atoms with Gasteiger partial charge in [-0.25, -0.2) is 19.4 Å². The predicted molar refractivity (Wildman–Crippen MR) is 102 cm³/mol. The van der Waals surface area contributed by atoms with E-state index in [0.717, 1.165) is 6.07 Å². The number of nitrogens with zero attached hydrogens (tertiary/aromatic N) is 4. The topological polar surface area (TPSA) is 108 Å². The molecule has 3 N–H and O–H groups in total. The minimum absolute atomic E-state index is 0.0561. The number of nitrogens with two attached hydrogens (primary N) is 1. The van der Waals surface area contributed by atoms with E-state index in [1.54, 1.807) is 0 Å². The number of hydrogen-bond donors (Lipinski definition) is 2. The maximum atomic E-state index is 14.5. The molecule has 0 radical (unpaired) electrons. The SMILES string of the molecule is C#CCOc1cnc(CNc2ccc(F)c(C3(C)CC(C(F)(F)F)OC(N)=N3)n2)cn1. The number of anilines is 1. The fraction of sp³-hybridized carbons (Fsp3) is 0.368. The van der Waals surface area contributed by atoms with Gasteiger partial charge in [-0.2, -0.15) is 13.2 Å². The van der Waals surface area contributed by atoms with Crippen molar-refractivity contribution in [3.05, 3.63) is 41.7 Å². The number of terminal acetylenes is 1. The molecule has 0 spiro atoms. The maximum Gasteiger partial charge on any atom is 0.425 e. The zero-order valence-corrected chi connectivity index (χ0v) is 16.3. The van der Waals surface area contributed by atoms with Crippen LogP contribution in [0.3, 0.4) is 0 Å². The molecule has 0 aromatic carbocycles. The third-order valence-corrected chi connectivity index (χ3v) is 4.36. The van der Waals surface area contributed by atoms with E-state index in [9.17, 15) is 17.6 Å². The zero-order valence-electron chi connectivity index (χ0n) is 16.3. The van der Waals surface area contributed by atoms with Crippen molar-refractivity contribution in [2.24, 2.45) is 10.7 Å². The average molecular weight is 438 g/mol. The van der Waals surface area contributed by atoms with Crippen LogP contribution >= 0.6 is 0 Å². The largest absolute Gasteiger partial charge is 0.463 e. The van der Waals surface area contributed by atoms with Crippen LogP contribution in [0.1, 0.15) is 24.7 Å². The standard InChI is InChI=1S/C19H18F4N6O2/c1-3-6-30-15-10-25-11(9-27-15)8-26-14-5-4-12(20)16(28-14)18(2)7-13(19(21,22)23)31-17(24)29-18/h1,4-5,9-10,13H,6-8H2,2H3,(H2,24,29)(H,26,28). The Balaban J connectivity index is 1.77. The Morgan fingerprint density at radius 2 is 2.13 bits per heavy atom. The summed E-state index contributed by atoms with van der Waals surface area (Å²) < 4.78 is 63.7. The Bertz CT molecular complexity index is 1010. The Morgan fingerprint density at radius 3 is 2.77 bits per heavy atom. The Kier molecular flexibility index (Phi) is 6.14. The van der Waals surface area contributed by atoms with Crippen molar-refractivity contribution in [1.29, 1.82) is 0 Å². The molecule has 1 aliphatic rings. The minimum Gasteiger partial charge on any atom is -0.463 e. The van der Waals surface area contributed by atoms with Crippen LogP contribution in [0, 0.1) is 18.2 Å². The second-order valence-electron chi connectivity index (χ2n) is 6.80. The number of alkyl halides is 3. The number of nitrogens with one attached hydrogen (secondary N) is 1. The van der Waals surface area contributed by atoms with Crippen LogP contribution in [0.15, 0.2) is 29.5 Å². The third-order valence-electron chi connectivity index (χ3n) is 4.36. The average Bonchev–Trinajstić information content (AvgIpc) is 2.71. The van der Waals surface area contributed by atoms with Gasteiger partial charge < -0.3 is 20.5 Å². The van der Waals surface area contributed by atoms with Crippen LogP contribution in [0.4, 0.5) is 23.4 Å². The lowest BCUT2D eigenvalue weighted by Crippen LogP contribution is -2.46. The summed E-state index contributed by atoms with van der Waals surface area (Å²) in [6.45, 7) is 1.54. The first-order valence-electron chi connectivity index (χ1n) is 8.97. The summed E-state index contributed by atoms with van der Waals surface area (Å²) in [5, 5.41) is 2.91. The highest BCUT2D eigenvalue weighted by atomic mass is 19.4. The van der Waals surface area contributed by atoms with Crippen molar-refractivity contribution in [2.75, 3.05) is 11.9 Å². The van der Waals surface area contributed by atoms with Crippen LogP contribution in [0.2, 0.25) is 0 Å². The van der Waals surface area contributed by atoms with Gasteiger partial charge in [-0.3, -0.25) is 4.98 Å². The van der Waals surface area contributed by atoms with Crippen LogP contribution in [0.25, 0.3) is 0 Å². The molecule has 31 heavy (non-hydrogen) atoms. The Labute approximate surface area is 174 Å². The first-order valence-corrected chi connectivity index (χ1v) is 8.97. The van der Waals surface area contributed by atoms with Crippen molar-refractivity contribution >= 4 is 11.8 Å². The molecule has 3 rings (SSSR count). The normalized spacial score (nSPS) is 20.9. The van der Waals surface area contributed by atoms with Crippen molar-refractivity contribution < 1.29 is 27.0 Å². The molecule has 2 unspecified atom stereocenters. The lowest BCUT2D eigenvalue weighted by atomic mass is 9.89. The lowest BCUT2D eigenvalue weighted by molar-refractivity contribution is -0.208. The number of aromatic nitrogens is 3. The van der Waals surface area contributed by atoms with Gasteiger partial charge in [-0.1, -0.05) is 5.92 Å². The van der Waals surface area contributed by atoms with E-state index in [0.29, 0.717) is 5.69 Å². The quantitative estimate of drug-likeness (QED) is 0.527. The van der Waals surface area contributed by atoms with E-state index in [4.69, 9.17) is 16.9 Å². The summed E-state index contributed by atoms with van der Waals surface area (Å²) in [6, 6.07) is 1.74. The highest BCUT2D eigenvalue weighted by molar-refractivity contribution is 5.73. The van der Waals surface area contributed by atoms with Crippen molar-refractivity contribution in [3.63, 3.8) is 0 Å². The molecule has 0 aliphatic carbocycles. The number of halogens is 4. The molecule has 12 heteroatoms. The first kappa shape index (κ1) is 22.1. The predicted octanol–water partition coefficient (Wildman–Crippen LogP) is 2.52. The van der Waals surface area contributed by atoms with Crippen LogP contribution in [-0.2, 0) is 16.8 Å². The Hall–Kier alpha value is -3.62. The van der Waals surface area contributed by atoms with E-state index < -0.39 is 36.1 Å². The van der Waals surface area contributed by atoms with Gasteiger partial charge in [0.2, 0.25) is 5.88 Å². The van der Waals surface area contributed by atoms with Gasteiger partial charge in [0, 0.05) is 6.42 Å². The van der Waals surface area contributed by atoms with Gasteiger partial charge in [0.15, 0.2) is 12.7 Å². The monoisotopic (exact) mass is 438 g/mol. The summed E-state index contributed by atoms with van der Waals surface area (Å²) in [7, 11) is 0. The van der Waals surface area contributed by atoms with Crippen LogP contribution in [-0.4, -0.2) is 39.9 Å². The second-order valence-corrected chi connectivity index (χ2v) is 6.80. The number of pyridine rings is 1. The molecule has 2 atom stereocenters. The van der Waals surface area contributed by atoms with Crippen molar-refractivity contribution in [3.8, 4) is 18.2 Å². The van der Waals surface area contributed by atoms with E-state index in [1.807, 2.05) is 0 Å². The number of aliphatic imine (C=N–C) groups is 1. The summed E-state index contributed by atoms with van der Waals surface area (Å²) in [4.78, 5) is 16.2. The molecular formula is C19H18F4N6O2. The second kappa shape index (κ2) is 8.63. The van der Waals surface area contributed by atoms with Gasteiger partial charge >= 0.3 is 6.18 Å². The van der Waals surface area contributed by atoms with Gasteiger partial charge in [-0.05, 0) is 19.1 Å². The fourth-order valence-corrected chi connectivity index (χ4v) is 2.92. The Morgan fingerprint density at radius 1 is 1.35 bits per heavy atom. The van der Waals surface area contributed by atoms with E-state index in [-0.39, 0.29) is 30.5 Å². The van der Waals surface area contributed by atoms with Gasteiger partial charge in [0.05, 0.1) is 24.6 Å². The summed E-state index contributed by atoms with van der Waals surface area (Å²) in [5.74, 6) is 1.95. The summed E-state index contributed by atoms with van der Waals surface area (Å²) in [6.07, 6.45) is 0.341. The minimum atomic E-state index is -4.69. The molecule has 164 valence electrons. The van der Waals surface area contributed by atoms with Gasteiger partial charge in [0.1, 0.15) is 22.9 Å². The molecule has 0 bridgehead atoms. The van der Waals surface area contributed by atoms with Crippen molar-refractivity contribution in [2.45, 2.75) is 37.7 Å². The molecule has 0 amide bonds. The van der Waals surface area contributed by atoms with E-state index >= 15 is 0 Å². The molecule has 2 aromatic heterocycles. The highest BCUT2D eigenvalue weighted by Crippen LogP contribution is 2.40. The van der Waals surface area contributed by atoms with E-state index in [1.165, 1.54) is 25.4 Å². The first-order chi connectivity index (χ1) is 14.6. The molecule has 0 fully saturated rings. The molecular weight excluding hydrogens is 420 g/mol. The van der Waals surface area contributed by atoms with Crippen LogP contribution in [0.5, 0.6) is 5.88 Å². The summed E-state index contributed by atoms with van der Waals surface area (Å²) >= 11 is 0. The third kappa shape index (κ3) is 5.30. The molecule has 2 aromatic rings. The molecule has 0 saturated carbocycles. The number of hydrogen-bond acceptors (Lipinski definition) is 8. The zero-order chi connectivity index (χ0) is 22.6. The van der Waals surface area contributed by atoms with Crippen molar-refractivity contribution in [1.82, 2.24) is 15.0 Å². The highest BCUT2D eigenvalue weighted by Gasteiger charge is 2.50. The fourth-order valence-electron chi connectivity index (χ4n) is 2.92. The number of ether oxygens (including phenoxy) is 2. The van der Waals surface area contributed by atoms with E-state index in [2.05, 4.69) is 35.9 Å². The summed E-state index contributed by atoms with van der Waals surface area (Å²) in [5.41, 5.74) is 3.98.